The average Bonchev–Trinajstić information content (AvgIpc) is 2.51. The number of fused-ring (bicyclic) bond motifs is 1. The first kappa shape index (κ1) is 14.2. The van der Waals surface area contributed by atoms with E-state index in [1.54, 1.807) is 4.90 Å². The van der Waals surface area contributed by atoms with E-state index in [0.717, 1.165) is 24.1 Å². The van der Waals surface area contributed by atoms with Crippen molar-refractivity contribution >= 4 is 34.8 Å². The van der Waals surface area contributed by atoms with Gasteiger partial charge in [0, 0.05) is 17.8 Å². The lowest BCUT2D eigenvalue weighted by molar-refractivity contribution is 0.0985. The van der Waals surface area contributed by atoms with Gasteiger partial charge in [-0.3, -0.25) is 4.79 Å². The zero-order chi connectivity index (χ0) is 15.0. The molecule has 2 aromatic carbocycles. The molecule has 0 aliphatic carbocycles. The van der Waals surface area contributed by atoms with E-state index in [1.165, 1.54) is 12.1 Å². The smallest absolute Gasteiger partial charge is 0.258 e. The molecule has 0 saturated heterocycles. The standard InChI is InChI=1S/C16H13Cl2NO2/c17-12-8-11(9-13(18)15(12)20)16(21)19-7-3-5-10-4-1-2-6-14(10)19/h1-2,4,6,8-9,20H,3,5,7H2. The molecule has 108 valence electrons. The molecule has 1 aliphatic heterocycles. The molecule has 1 amide bonds. The number of amides is 1. The fraction of sp³-hybridized carbons (Fsp3) is 0.188. The van der Waals surface area contributed by atoms with Gasteiger partial charge in [0.2, 0.25) is 0 Å². The Kier molecular flexibility index (Phi) is 3.79. The summed E-state index contributed by atoms with van der Waals surface area (Å²) in [5.41, 5.74) is 2.46. The number of carbonyl (C=O) groups is 1. The minimum absolute atomic E-state index is 0.0798. The van der Waals surface area contributed by atoms with E-state index in [-0.39, 0.29) is 21.7 Å². The normalized spacial score (nSPS) is 13.9. The molecule has 0 aromatic heterocycles. The van der Waals surface area contributed by atoms with Crippen molar-refractivity contribution in [1.29, 1.82) is 0 Å². The van der Waals surface area contributed by atoms with Crippen molar-refractivity contribution in [3.05, 3.63) is 57.6 Å². The van der Waals surface area contributed by atoms with Crippen molar-refractivity contribution in [2.75, 3.05) is 11.4 Å². The number of hydrogen-bond donors (Lipinski definition) is 1. The molecular formula is C16H13Cl2NO2. The van der Waals surface area contributed by atoms with Gasteiger partial charge in [-0.1, -0.05) is 41.4 Å². The molecule has 3 rings (SSSR count). The highest BCUT2D eigenvalue weighted by atomic mass is 35.5. The molecule has 0 saturated carbocycles. The molecule has 2 aromatic rings. The number of carbonyl (C=O) groups excluding carboxylic acids is 1. The summed E-state index contributed by atoms with van der Waals surface area (Å²) >= 11 is 11.8. The number of aryl methyl sites for hydroxylation is 1. The predicted molar refractivity (Wildman–Crippen MR) is 84.6 cm³/mol. The maximum absolute atomic E-state index is 12.7. The summed E-state index contributed by atoms with van der Waals surface area (Å²) in [5.74, 6) is -0.361. The number of hydrogen-bond acceptors (Lipinski definition) is 2. The van der Waals surface area contributed by atoms with Crippen molar-refractivity contribution in [2.45, 2.75) is 12.8 Å². The van der Waals surface area contributed by atoms with Crippen LogP contribution >= 0.6 is 23.2 Å². The van der Waals surface area contributed by atoms with Gasteiger partial charge in [-0.2, -0.15) is 0 Å². The zero-order valence-corrected chi connectivity index (χ0v) is 12.7. The largest absolute Gasteiger partial charge is 0.505 e. The lowest BCUT2D eigenvalue weighted by atomic mass is 10.0. The molecule has 3 nitrogen and oxygen atoms in total. The molecule has 1 N–H and O–H groups in total. The Bertz CT molecular complexity index is 692. The average molecular weight is 322 g/mol. The van der Waals surface area contributed by atoms with Crippen molar-refractivity contribution < 1.29 is 9.90 Å². The van der Waals surface area contributed by atoms with Crippen molar-refractivity contribution in [2.24, 2.45) is 0 Å². The predicted octanol–water partition coefficient (Wildman–Crippen LogP) is 4.29. The van der Waals surface area contributed by atoms with Crippen molar-refractivity contribution in [3.8, 4) is 5.75 Å². The number of rotatable bonds is 1. The molecule has 0 fully saturated rings. The second-order valence-electron chi connectivity index (χ2n) is 4.98. The number of benzene rings is 2. The Morgan fingerprint density at radius 1 is 1.14 bits per heavy atom. The number of halogens is 2. The topological polar surface area (TPSA) is 40.5 Å². The van der Waals surface area contributed by atoms with Gasteiger partial charge in [-0.25, -0.2) is 0 Å². The van der Waals surface area contributed by atoms with Gasteiger partial charge in [0.1, 0.15) is 0 Å². The maximum atomic E-state index is 12.7. The van der Waals surface area contributed by atoms with E-state index in [0.29, 0.717) is 12.1 Å². The van der Waals surface area contributed by atoms with Crippen LogP contribution in [0.5, 0.6) is 5.75 Å². The number of para-hydroxylation sites is 1. The molecule has 0 spiro atoms. The van der Waals surface area contributed by atoms with Crippen LogP contribution in [0.2, 0.25) is 10.0 Å². The molecule has 5 heteroatoms. The van der Waals surface area contributed by atoms with Crippen LogP contribution in [0.4, 0.5) is 5.69 Å². The summed E-state index contributed by atoms with van der Waals surface area (Å²) < 4.78 is 0. The van der Waals surface area contributed by atoms with E-state index >= 15 is 0 Å². The number of aromatic hydroxyl groups is 1. The van der Waals surface area contributed by atoms with Crippen LogP contribution in [0.1, 0.15) is 22.3 Å². The summed E-state index contributed by atoms with van der Waals surface area (Å²) in [5, 5.41) is 9.75. The van der Waals surface area contributed by atoms with Gasteiger partial charge >= 0.3 is 0 Å². The van der Waals surface area contributed by atoms with Crippen LogP contribution in [0.15, 0.2) is 36.4 Å². The van der Waals surface area contributed by atoms with Gasteiger partial charge in [0.05, 0.1) is 10.0 Å². The van der Waals surface area contributed by atoms with E-state index in [1.807, 2.05) is 24.3 Å². The fourth-order valence-corrected chi connectivity index (χ4v) is 3.08. The van der Waals surface area contributed by atoms with Crippen LogP contribution in [0.25, 0.3) is 0 Å². The van der Waals surface area contributed by atoms with Crippen LogP contribution in [0.3, 0.4) is 0 Å². The van der Waals surface area contributed by atoms with E-state index in [9.17, 15) is 9.90 Å². The first-order valence-corrected chi connectivity index (χ1v) is 7.41. The molecule has 0 unspecified atom stereocenters. The first-order chi connectivity index (χ1) is 10.1. The molecule has 0 bridgehead atoms. The van der Waals surface area contributed by atoms with Gasteiger partial charge in [-0.15, -0.1) is 0 Å². The fourth-order valence-electron chi connectivity index (χ4n) is 2.59. The monoisotopic (exact) mass is 321 g/mol. The highest BCUT2D eigenvalue weighted by molar-refractivity contribution is 6.37. The zero-order valence-electron chi connectivity index (χ0n) is 11.1. The summed E-state index contributed by atoms with van der Waals surface area (Å²) in [6, 6.07) is 10.8. The second-order valence-corrected chi connectivity index (χ2v) is 5.79. The number of phenols is 1. The Labute approximate surface area is 132 Å². The van der Waals surface area contributed by atoms with Crippen LogP contribution in [-0.4, -0.2) is 17.6 Å². The van der Waals surface area contributed by atoms with E-state index in [2.05, 4.69) is 0 Å². The van der Waals surface area contributed by atoms with Crippen LogP contribution < -0.4 is 4.90 Å². The SMILES string of the molecule is O=C(c1cc(Cl)c(O)c(Cl)c1)N1CCCc2ccccc21. The molecule has 0 radical (unpaired) electrons. The Hall–Kier alpha value is -1.71. The number of anilines is 1. The van der Waals surface area contributed by atoms with Crippen LogP contribution in [-0.2, 0) is 6.42 Å². The van der Waals surface area contributed by atoms with Gasteiger partial charge in [-0.05, 0) is 36.6 Å². The lowest BCUT2D eigenvalue weighted by Crippen LogP contribution is -2.35. The lowest BCUT2D eigenvalue weighted by Gasteiger charge is -2.29. The Morgan fingerprint density at radius 3 is 2.52 bits per heavy atom. The highest BCUT2D eigenvalue weighted by Gasteiger charge is 2.24. The van der Waals surface area contributed by atoms with Gasteiger partial charge in [0.25, 0.3) is 5.91 Å². The first-order valence-electron chi connectivity index (χ1n) is 6.65. The molecular weight excluding hydrogens is 309 g/mol. The molecule has 1 aliphatic rings. The van der Waals surface area contributed by atoms with Gasteiger partial charge in [0.15, 0.2) is 5.75 Å². The maximum Gasteiger partial charge on any atom is 0.258 e. The summed E-state index contributed by atoms with van der Waals surface area (Å²) in [6.07, 6.45) is 1.89. The minimum atomic E-state index is -0.200. The highest BCUT2D eigenvalue weighted by Crippen LogP contribution is 2.34. The quantitative estimate of drug-likeness (QED) is 0.851. The third kappa shape index (κ3) is 2.59. The summed E-state index contributed by atoms with van der Waals surface area (Å²) in [6.45, 7) is 0.659. The molecule has 1 heterocycles. The van der Waals surface area contributed by atoms with Crippen molar-refractivity contribution in [1.82, 2.24) is 0 Å². The van der Waals surface area contributed by atoms with Gasteiger partial charge < -0.3 is 10.0 Å². The second kappa shape index (κ2) is 5.58. The molecule has 0 atom stereocenters. The van der Waals surface area contributed by atoms with E-state index < -0.39 is 0 Å². The Morgan fingerprint density at radius 2 is 1.81 bits per heavy atom. The van der Waals surface area contributed by atoms with Crippen LogP contribution in [0, 0.1) is 0 Å². The summed E-state index contributed by atoms with van der Waals surface area (Å²) in [4.78, 5) is 14.4. The third-order valence-electron chi connectivity index (χ3n) is 3.62. The number of nitrogens with zero attached hydrogens (tertiary/aromatic N) is 1. The molecule has 21 heavy (non-hydrogen) atoms. The minimum Gasteiger partial charge on any atom is -0.505 e. The van der Waals surface area contributed by atoms with E-state index in [4.69, 9.17) is 23.2 Å². The Balaban J connectivity index is 2.00. The summed E-state index contributed by atoms with van der Waals surface area (Å²) in [7, 11) is 0. The van der Waals surface area contributed by atoms with Crippen molar-refractivity contribution in [3.63, 3.8) is 0 Å². The number of phenolic OH excluding ortho intramolecular Hbond substituents is 1. The third-order valence-corrected chi connectivity index (χ3v) is 4.20.